The number of hydrogen-bond acceptors (Lipinski definition) is 14. The minimum Gasteiger partial charge on any atom is -0.507 e. The van der Waals surface area contributed by atoms with Gasteiger partial charge in [-0.1, -0.05) is 385 Å². The smallest absolute Gasteiger partial charge is 0.127 e. The van der Waals surface area contributed by atoms with Crippen LogP contribution in [-0.4, -0.2) is 35.7 Å². The lowest BCUT2D eigenvalue weighted by atomic mass is 9.80. The van der Waals surface area contributed by atoms with Crippen molar-refractivity contribution in [2.24, 2.45) is 0 Å². The highest BCUT2D eigenvalue weighted by Gasteiger charge is 2.27. The van der Waals surface area contributed by atoms with Crippen LogP contribution in [0.4, 0.5) is 0 Å². The largest absolute Gasteiger partial charge is 0.507 e. The van der Waals surface area contributed by atoms with Crippen molar-refractivity contribution in [3.8, 4) is 40.2 Å². The van der Waals surface area contributed by atoms with E-state index >= 15 is 0 Å². The van der Waals surface area contributed by atoms with Gasteiger partial charge >= 0.3 is 0 Å². The molecular formula is C114H137O7P7S7. The van der Waals surface area contributed by atoms with Crippen molar-refractivity contribution in [2.75, 3.05) is 0 Å². The number of phenolic OH excluding ortho intramolecular Hbond substituents is 7. The number of phenols is 7. The van der Waals surface area contributed by atoms with Gasteiger partial charge in [0.25, 0.3) is 0 Å². The number of benzene rings is 14. The molecule has 0 radical (unpaired) electrons. The van der Waals surface area contributed by atoms with Gasteiger partial charge in [0.2, 0.25) is 0 Å². The van der Waals surface area contributed by atoms with Gasteiger partial charge in [-0.3, -0.25) is 0 Å². The molecule has 0 aliphatic rings. The predicted molar refractivity (Wildman–Crippen MR) is 632 cm³/mol. The summed E-state index contributed by atoms with van der Waals surface area (Å²) < 4.78 is 0. The summed E-state index contributed by atoms with van der Waals surface area (Å²) in [5, 5.41) is 87.9. The molecule has 0 fully saturated rings. The van der Waals surface area contributed by atoms with Crippen LogP contribution in [0.2, 0.25) is 0 Å². The predicted octanol–water partition coefficient (Wildman–Crippen LogP) is 24.5. The molecule has 712 valence electrons. The third-order valence-electron chi connectivity index (χ3n) is 22.3. The Morgan fingerprint density at radius 1 is 0.193 bits per heavy atom. The monoisotopic (exact) mass is 2060 g/mol. The van der Waals surface area contributed by atoms with Crippen LogP contribution in [0.25, 0.3) is 0 Å². The van der Waals surface area contributed by atoms with Gasteiger partial charge in [0.15, 0.2) is 0 Å². The van der Waals surface area contributed by atoms with E-state index in [1.165, 1.54) is 104 Å². The molecule has 7 unspecified atom stereocenters. The first-order chi connectivity index (χ1) is 63.9. The first-order valence-corrected chi connectivity index (χ1v) is 56.3. The molecule has 0 heterocycles. The number of rotatable bonds is 21. The SMILES string of the molecule is CC(C)(C)c1cc(Pc2ccccc2CS)c(O)c(C(C)(C)C)c1.Cc1cc(C(C)(C)C)cc(Pc2ccccc2CS)c1O.Cc1cc(C)c(O)c(Pc2ccccc2CS)c1.Cc1cc(Pc2ccccc2CS)c(O)c(C(C)(C)C)c1.Cc1ccc(O)c(Pc2ccccc2CS)c1.Cc1cccc(Pc2ccccc2CS)c1O.Cc1cccc(Pc2ccccc2CS)c1O. The number of aromatic hydroxyl groups is 7. The highest BCUT2D eigenvalue weighted by atomic mass is 32.1. The molecule has 14 aromatic carbocycles. The average molecular weight is 2060 g/mol. The Balaban J connectivity index is 0.000000194. The Hall–Kier alpha value is -6.86. The Morgan fingerprint density at radius 3 is 0.726 bits per heavy atom. The Morgan fingerprint density at radius 2 is 0.422 bits per heavy atom. The number of aryl methyl sites for hydroxylation is 7. The normalized spacial score (nSPS) is 11.8. The molecule has 7 N–H and O–H groups in total. The first kappa shape index (κ1) is 113. The third kappa shape index (κ3) is 34.2. The zero-order valence-electron chi connectivity index (χ0n) is 81.2. The van der Waals surface area contributed by atoms with E-state index < -0.39 is 0 Å². The number of para-hydroxylation sites is 2. The van der Waals surface area contributed by atoms with Crippen LogP contribution in [0, 0.1) is 48.5 Å². The van der Waals surface area contributed by atoms with Crippen molar-refractivity contribution in [1.29, 1.82) is 0 Å². The van der Waals surface area contributed by atoms with E-state index in [0.717, 1.165) is 111 Å². The highest BCUT2D eigenvalue weighted by molar-refractivity contribution is 7.80. The van der Waals surface area contributed by atoms with E-state index in [9.17, 15) is 35.7 Å². The van der Waals surface area contributed by atoms with Crippen molar-refractivity contribution < 1.29 is 35.7 Å². The van der Waals surface area contributed by atoms with E-state index in [0.29, 0.717) is 100 Å². The average Bonchev–Trinajstić information content (AvgIpc) is 0.840. The van der Waals surface area contributed by atoms with Crippen molar-refractivity contribution >= 4 is 223 Å². The summed E-state index contributed by atoms with van der Waals surface area (Å²) >= 11 is 30.6. The molecule has 0 spiro atoms. The van der Waals surface area contributed by atoms with E-state index in [-0.39, 0.29) is 21.7 Å². The minimum absolute atomic E-state index is 0.0516. The Bertz CT molecular complexity index is 6050. The maximum atomic E-state index is 10.9. The van der Waals surface area contributed by atoms with Gasteiger partial charge in [-0.2, -0.15) is 88.4 Å². The van der Waals surface area contributed by atoms with Gasteiger partial charge in [0, 0.05) is 88.5 Å². The van der Waals surface area contributed by atoms with Crippen molar-refractivity contribution in [2.45, 2.75) is 193 Å². The number of hydrogen-bond donors (Lipinski definition) is 14. The second kappa shape index (κ2) is 54.2. The molecule has 0 saturated heterocycles. The van der Waals surface area contributed by atoms with Gasteiger partial charge in [-0.15, -0.1) is 0 Å². The van der Waals surface area contributed by atoms with Gasteiger partial charge in [0.1, 0.15) is 40.2 Å². The molecule has 0 amide bonds. The molecular weight excluding hydrogens is 1920 g/mol. The molecule has 0 bridgehead atoms. The maximum Gasteiger partial charge on any atom is 0.127 e. The summed E-state index contributed by atoms with van der Waals surface area (Å²) in [5.41, 5.74) is 20.5. The molecule has 0 aliphatic carbocycles. The molecule has 135 heavy (non-hydrogen) atoms. The van der Waals surface area contributed by atoms with Gasteiger partial charge in [0.05, 0.1) is 0 Å². The minimum atomic E-state index is -0.0896. The maximum absolute atomic E-state index is 10.9. The van der Waals surface area contributed by atoms with Crippen LogP contribution in [-0.2, 0) is 61.9 Å². The summed E-state index contributed by atoms with van der Waals surface area (Å²) in [4.78, 5) is 0. The van der Waals surface area contributed by atoms with E-state index in [2.05, 4.69) is 319 Å². The summed E-state index contributed by atoms with van der Waals surface area (Å²) in [6.07, 6.45) is 0. The van der Waals surface area contributed by atoms with E-state index in [4.69, 9.17) is 0 Å². The molecule has 7 atom stereocenters. The quantitative estimate of drug-likeness (QED) is 0.0254. The van der Waals surface area contributed by atoms with Gasteiger partial charge in [-0.25, -0.2) is 0 Å². The van der Waals surface area contributed by atoms with Crippen molar-refractivity contribution in [1.82, 2.24) is 0 Å². The fourth-order valence-electron chi connectivity index (χ4n) is 14.3. The fourth-order valence-corrected chi connectivity index (χ4v) is 26.6. The van der Waals surface area contributed by atoms with Crippen molar-refractivity contribution in [3.05, 3.63) is 373 Å². The zero-order chi connectivity index (χ0) is 99.2. The van der Waals surface area contributed by atoms with Crippen LogP contribution in [0.1, 0.15) is 183 Å². The summed E-state index contributed by atoms with van der Waals surface area (Å²) in [7, 11) is 3.25. The number of thiol groups is 7. The molecule has 21 heteroatoms. The summed E-state index contributed by atoms with van der Waals surface area (Å²) in [6, 6.07) is 92.4. The molecule has 0 saturated carbocycles. The molecule has 14 aromatic rings. The summed E-state index contributed by atoms with van der Waals surface area (Å²) in [6.45, 7) is 40.1. The summed E-state index contributed by atoms with van der Waals surface area (Å²) in [5.74, 6) is 8.04. The molecule has 14 rings (SSSR count). The van der Waals surface area contributed by atoms with Crippen LogP contribution in [0.3, 0.4) is 0 Å². The van der Waals surface area contributed by atoms with Crippen LogP contribution in [0.15, 0.2) is 273 Å². The molecule has 0 aromatic heterocycles. The zero-order valence-corrected chi connectivity index (χ0v) is 94.5. The van der Waals surface area contributed by atoms with Crippen LogP contribution in [0.5, 0.6) is 40.2 Å². The lowest BCUT2D eigenvalue weighted by molar-refractivity contribution is 0.448. The highest BCUT2D eigenvalue weighted by Crippen LogP contribution is 2.39. The van der Waals surface area contributed by atoms with Gasteiger partial charge in [-0.05, 0) is 227 Å². The first-order valence-electron chi connectivity index (χ1n) is 44.9. The van der Waals surface area contributed by atoms with Crippen LogP contribution >= 0.6 is 148 Å². The Labute approximate surface area is 857 Å². The lowest BCUT2D eigenvalue weighted by Crippen LogP contribution is -2.21. The standard InChI is InChI=1S/C21H29OPS.2C18H23OPS.C15H17OPS.3C14H15OPS/c1-20(2,3)15-11-16(21(4,5)6)19(22)18(12-15)23-17-10-8-7-9-14(17)13-24;1-12-9-14(18(2,3)4)10-16(17(12)19)20-15-8-6-5-7-13(15)11-21;1-12-9-14(18(2,3)4)17(19)16(10-12)20-15-8-6-5-7-13(15)11-21;1-10-7-11(2)15(16)14(8-10)17-13-6-4-3-5-12(13)9-18;2*1-10-5-4-8-13(14(10)15)16-12-7-3-2-6-11(12)9-17;1-10-6-7-12(15)14(8-10)16-13-5-3-2-4-11(13)9-17/h7-12,22-24H,13H2,1-6H3;2*5-10,19-21H,11H2,1-4H3;3-8,16-18H,9H2,1-2H3;3*2-8,15-17H,9H2,1H3. The lowest BCUT2D eigenvalue weighted by Gasteiger charge is -2.27. The second-order valence-corrected chi connectivity index (χ2v) is 48.8. The van der Waals surface area contributed by atoms with Gasteiger partial charge < -0.3 is 35.7 Å². The third-order valence-corrected chi connectivity index (χ3v) is 34.6. The molecule has 0 aliphatic heterocycles. The van der Waals surface area contributed by atoms with E-state index in [1.807, 2.05) is 168 Å². The molecule has 7 nitrogen and oxygen atoms in total. The second-order valence-electron chi connectivity index (χ2n) is 37.3. The van der Waals surface area contributed by atoms with Crippen LogP contribution < -0.4 is 74.3 Å². The topological polar surface area (TPSA) is 142 Å². The van der Waals surface area contributed by atoms with Crippen molar-refractivity contribution in [3.63, 3.8) is 0 Å². The Kier molecular flexibility index (Phi) is 45.6. The van der Waals surface area contributed by atoms with E-state index in [1.54, 1.807) is 6.07 Å². The fraction of sp³-hybridized carbons (Fsp3) is 0.263.